The Morgan fingerprint density at radius 2 is 2.04 bits per heavy atom. The van der Waals surface area contributed by atoms with E-state index < -0.39 is 16.0 Å². The number of hydroxylamine groups is 2. The van der Waals surface area contributed by atoms with Crippen molar-refractivity contribution in [3.8, 4) is 0 Å². The first-order valence-electron chi connectivity index (χ1n) is 7.58. The van der Waals surface area contributed by atoms with Gasteiger partial charge in [-0.1, -0.05) is 6.07 Å². The highest BCUT2D eigenvalue weighted by molar-refractivity contribution is 7.89. The summed E-state index contributed by atoms with van der Waals surface area (Å²) in [6, 6.07) is 4.10. The van der Waals surface area contributed by atoms with E-state index >= 15 is 0 Å². The quantitative estimate of drug-likeness (QED) is 0.811. The van der Waals surface area contributed by atoms with Gasteiger partial charge in [-0.2, -0.15) is 5.06 Å². The van der Waals surface area contributed by atoms with Gasteiger partial charge in [0, 0.05) is 19.1 Å². The first kappa shape index (κ1) is 17.9. The largest absolute Gasteiger partial charge is 0.478 e. The van der Waals surface area contributed by atoms with Crippen LogP contribution < -0.4 is 4.72 Å². The molecule has 0 amide bonds. The zero-order valence-corrected chi connectivity index (χ0v) is 14.1. The Kier molecular flexibility index (Phi) is 5.74. The summed E-state index contributed by atoms with van der Waals surface area (Å²) in [7, 11) is -3.75. The van der Waals surface area contributed by atoms with E-state index in [0.717, 1.165) is 0 Å². The van der Waals surface area contributed by atoms with Gasteiger partial charge in [0.2, 0.25) is 10.0 Å². The Balaban J connectivity index is 2.11. The molecular formula is C15H22N2O5S. The van der Waals surface area contributed by atoms with Crippen molar-refractivity contribution in [3.05, 3.63) is 29.3 Å². The summed E-state index contributed by atoms with van der Waals surface area (Å²) >= 11 is 0. The number of sulfonamides is 1. The maximum absolute atomic E-state index is 12.6. The standard InChI is InChI=1S/C15H22N2O5S/c1-3-22-17-9-7-12(8-10-17)16-23(20,21)14-6-4-5-13(11(14)2)15(18)19/h4-6,12,16H,3,7-10H2,1-2H3,(H,18,19). The monoisotopic (exact) mass is 342 g/mol. The Morgan fingerprint density at radius 1 is 1.39 bits per heavy atom. The van der Waals surface area contributed by atoms with Crippen molar-refractivity contribution in [3.63, 3.8) is 0 Å². The van der Waals surface area contributed by atoms with Gasteiger partial charge in [-0.05, 0) is 44.4 Å². The fourth-order valence-electron chi connectivity index (χ4n) is 2.71. The summed E-state index contributed by atoms with van der Waals surface area (Å²) in [5.41, 5.74) is 0.248. The normalized spacial score (nSPS) is 17.3. The van der Waals surface area contributed by atoms with Gasteiger partial charge >= 0.3 is 5.97 Å². The number of nitrogens with zero attached hydrogens (tertiary/aromatic N) is 1. The van der Waals surface area contributed by atoms with Crippen molar-refractivity contribution in [2.45, 2.75) is 37.6 Å². The first-order valence-corrected chi connectivity index (χ1v) is 9.06. The minimum Gasteiger partial charge on any atom is -0.478 e. The number of carboxylic acids is 1. The third kappa shape index (κ3) is 4.29. The summed E-state index contributed by atoms with van der Waals surface area (Å²) in [5.74, 6) is -1.13. The van der Waals surface area contributed by atoms with Crippen LogP contribution in [0.15, 0.2) is 23.1 Å². The molecule has 0 aromatic heterocycles. The number of piperidine rings is 1. The number of rotatable bonds is 6. The van der Waals surface area contributed by atoms with Crippen molar-refractivity contribution >= 4 is 16.0 Å². The van der Waals surface area contributed by atoms with Crippen LogP contribution in [0.4, 0.5) is 0 Å². The van der Waals surface area contributed by atoms with Crippen molar-refractivity contribution in [1.29, 1.82) is 0 Å². The molecule has 0 spiro atoms. The molecule has 0 radical (unpaired) electrons. The van der Waals surface area contributed by atoms with Gasteiger partial charge in [0.25, 0.3) is 0 Å². The molecule has 2 rings (SSSR count). The molecule has 0 saturated carbocycles. The number of benzene rings is 1. The molecule has 1 aromatic carbocycles. The van der Waals surface area contributed by atoms with E-state index in [1.165, 1.54) is 25.1 Å². The highest BCUT2D eigenvalue weighted by atomic mass is 32.2. The molecule has 1 aliphatic rings. The van der Waals surface area contributed by atoms with Crippen LogP contribution in [-0.2, 0) is 14.9 Å². The Morgan fingerprint density at radius 3 is 2.61 bits per heavy atom. The molecule has 1 saturated heterocycles. The zero-order valence-electron chi connectivity index (χ0n) is 13.3. The summed E-state index contributed by atoms with van der Waals surface area (Å²) in [6.07, 6.45) is 1.30. The van der Waals surface area contributed by atoms with Gasteiger partial charge in [0.1, 0.15) is 0 Å². The molecule has 1 aliphatic heterocycles. The van der Waals surface area contributed by atoms with Crippen LogP contribution in [0.2, 0.25) is 0 Å². The molecule has 2 N–H and O–H groups in total. The smallest absolute Gasteiger partial charge is 0.335 e. The van der Waals surface area contributed by atoms with Gasteiger partial charge in [-0.3, -0.25) is 4.84 Å². The lowest BCUT2D eigenvalue weighted by atomic mass is 10.1. The summed E-state index contributed by atoms with van der Waals surface area (Å²) < 4.78 is 27.8. The Bertz CT molecular complexity index is 666. The minimum absolute atomic E-state index is 0.000889. The number of carbonyl (C=O) groups is 1. The molecule has 1 fully saturated rings. The molecule has 0 aliphatic carbocycles. The molecule has 0 bridgehead atoms. The third-order valence-electron chi connectivity index (χ3n) is 3.89. The number of hydrogen-bond acceptors (Lipinski definition) is 5. The molecule has 23 heavy (non-hydrogen) atoms. The van der Waals surface area contributed by atoms with Gasteiger partial charge in [-0.15, -0.1) is 0 Å². The predicted octanol–water partition coefficient (Wildman–Crippen LogP) is 1.39. The van der Waals surface area contributed by atoms with Crippen LogP contribution in [0.5, 0.6) is 0 Å². The molecule has 128 valence electrons. The zero-order chi connectivity index (χ0) is 17.0. The van der Waals surface area contributed by atoms with Gasteiger partial charge in [-0.25, -0.2) is 17.9 Å². The maximum Gasteiger partial charge on any atom is 0.335 e. The maximum atomic E-state index is 12.6. The van der Waals surface area contributed by atoms with E-state index in [1.54, 1.807) is 0 Å². The number of hydrogen-bond donors (Lipinski definition) is 2. The fourth-order valence-corrected chi connectivity index (χ4v) is 4.28. The second-order valence-electron chi connectivity index (χ2n) is 5.48. The highest BCUT2D eigenvalue weighted by Gasteiger charge is 2.27. The molecule has 1 heterocycles. The minimum atomic E-state index is -3.75. The van der Waals surface area contributed by atoms with E-state index in [1.807, 2.05) is 12.0 Å². The molecule has 1 aromatic rings. The number of nitrogens with one attached hydrogen (secondary N) is 1. The number of carboxylic acid groups (broad SMARTS) is 1. The lowest BCUT2D eigenvalue weighted by molar-refractivity contribution is -0.166. The molecule has 8 heteroatoms. The van der Waals surface area contributed by atoms with E-state index in [-0.39, 0.29) is 22.1 Å². The molecule has 0 unspecified atom stereocenters. The van der Waals surface area contributed by atoms with Crippen LogP contribution in [0.1, 0.15) is 35.7 Å². The predicted molar refractivity (Wildman–Crippen MR) is 84.7 cm³/mol. The lowest BCUT2D eigenvalue weighted by Gasteiger charge is -2.31. The highest BCUT2D eigenvalue weighted by Crippen LogP contribution is 2.21. The van der Waals surface area contributed by atoms with Crippen LogP contribution in [0.25, 0.3) is 0 Å². The second-order valence-corrected chi connectivity index (χ2v) is 7.16. The molecule has 0 atom stereocenters. The summed E-state index contributed by atoms with van der Waals surface area (Å²) in [5, 5.41) is 11.0. The van der Waals surface area contributed by atoms with Crippen molar-refractivity contribution in [2.24, 2.45) is 0 Å². The van der Waals surface area contributed by atoms with E-state index in [2.05, 4.69) is 4.72 Å². The SMILES string of the molecule is CCON1CCC(NS(=O)(=O)c2cccc(C(=O)O)c2C)CC1. The van der Waals surface area contributed by atoms with E-state index in [9.17, 15) is 13.2 Å². The van der Waals surface area contributed by atoms with Gasteiger partial charge in [0.05, 0.1) is 17.1 Å². The van der Waals surface area contributed by atoms with Crippen molar-refractivity contribution in [2.75, 3.05) is 19.7 Å². The van der Waals surface area contributed by atoms with Crippen LogP contribution in [-0.4, -0.2) is 50.3 Å². The van der Waals surface area contributed by atoms with Gasteiger partial charge in [0.15, 0.2) is 0 Å². The van der Waals surface area contributed by atoms with Crippen LogP contribution in [0.3, 0.4) is 0 Å². The van der Waals surface area contributed by atoms with E-state index in [0.29, 0.717) is 32.5 Å². The average molecular weight is 342 g/mol. The molecule has 7 nitrogen and oxygen atoms in total. The van der Waals surface area contributed by atoms with Crippen molar-refractivity contribution in [1.82, 2.24) is 9.79 Å². The lowest BCUT2D eigenvalue weighted by Crippen LogP contribution is -2.44. The molecular weight excluding hydrogens is 320 g/mol. The Labute approximate surface area is 136 Å². The summed E-state index contributed by atoms with van der Waals surface area (Å²) in [6.45, 7) is 5.34. The summed E-state index contributed by atoms with van der Waals surface area (Å²) in [4.78, 5) is 16.6. The van der Waals surface area contributed by atoms with Gasteiger partial charge < -0.3 is 5.11 Å². The topological polar surface area (TPSA) is 95.9 Å². The van der Waals surface area contributed by atoms with Crippen LogP contribution in [0, 0.1) is 6.92 Å². The Hall–Kier alpha value is -1.48. The van der Waals surface area contributed by atoms with Crippen molar-refractivity contribution < 1.29 is 23.2 Å². The second kappa shape index (κ2) is 7.39. The average Bonchev–Trinajstić information content (AvgIpc) is 2.49. The first-order chi connectivity index (χ1) is 10.8. The number of aromatic carboxylic acids is 1. The fraction of sp³-hybridized carbons (Fsp3) is 0.533. The van der Waals surface area contributed by atoms with E-state index in [4.69, 9.17) is 9.94 Å². The van der Waals surface area contributed by atoms with Crippen LogP contribution >= 0.6 is 0 Å². The third-order valence-corrected chi connectivity index (χ3v) is 5.56.